The third-order valence-corrected chi connectivity index (χ3v) is 5.14. The maximum Gasteiger partial charge on any atom is 0.265 e. The van der Waals surface area contributed by atoms with Crippen LogP contribution in [0.4, 0.5) is 8.78 Å². The van der Waals surface area contributed by atoms with Gasteiger partial charge >= 0.3 is 0 Å². The summed E-state index contributed by atoms with van der Waals surface area (Å²) in [4.78, 5) is 50.7. The van der Waals surface area contributed by atoms with Crippen LogP contribution in [0.3, 0.4) is 0 Å². The zero-order valence-corrected chi connectivity index (χ0v) is 15.9. The van der Waals surface area contributed by atoms with E-state index in [0.717, 1.165) is 11.0 Å². The first kappa shape index (κ1) is 15.2. The lowest BCUT2D eigenvalue weighted by Gasteiger charge is -2.48. The third kappa shape index (κ3) is 2.95. The van der Waals surface area contributed by atoms with Crippen molar-refractivity contribution in [2.24, 2.45) is 0 Å². The summed E-state index contributed by atoms with van der Waals surface area (Å²) in [5, 5.41) is 1.99. The summed E-state index contributed by atoms with van der Waals surface area (Å²) in [6.07, 6.45) is -0.335. The number of amides is 4. The molecule has 0 saturated carbocycles. The zero-order chi connectivity index (χ0) is 24.8. The van der Waals surface area contributed by atoms with Gasteiger partial charge in [-0.2, -0.15) is 0 Å². The van der Waals surface area contributed by atoms with Gasteiger partial charge in [-0.15, -0.1) is 0 Å². The molecule has 9 heteroatoms. The quantitative estimate of drug-likeness (QED) is 0.750. The highest BCUT2D eigenvalue weighted by atomic mass is 19.2. The van der Waals surface area contributed by atoms with Crippen molar-refractivity contribution < 1.29 is 33.4 Å². The average Bonchev–Trinajstić information content (AvgIpc) is 2.87. The van der Waals surface area contributed by atoms with Crippen molar-refractivity contribution in [2.75, 3.05) is 13.0 Å². The Kier molecular flexibility index (Phi) is 3.36. The molecule has 0 radical (unpaired) electrons. The molecular formula is C20H21F2N3O4. The second-order valence-corrected chi connectivity index (χ2v) is 8.16. The number of nitrogens with zero attached hydrogens (tertiary/aromatic N) is 2. The number of carbonyl (C=O) groups is 4. The van der Waals surface area contributed by atoms with E-state index < -0.39 is 82.4 Å². The van der Waals surface area contributed by atoms with Crippen LogP contribution in [0.15, 0.2) is 6.07 Å². The predicted molar refractivity (Wildman–Crippen MR) is 97.1 cm³/mol. The number of hydrogen-bond donors (Lipinski definition) is 1. The first-order valence-corrected chi connectivity index (χ1v) is 9.06. The van der Waals surface area contributed by atoms with Gasteiger partial charge in [-0.05, 0) is 38.8 Å². The van der Waals surface area contributed by atoms with E-state index in [1.165, 1.54) is 0 Å². The van der Waals surface area contributed by atoms with Crippen molar-refractivity contribution in [3.8, 4) is 0 Å². The Morgan fingerprint density at radius 3 is 2.34 bits per heavy atom. The van der Waals surface area contributed by atoms with Gasteiger partial charge in [0.25, 0.3) is 11.8 Å². The Bertz CT molecular complexity index is 1120. The van der Waals surface area contributed by atoms with Crippen molar-refractivity contribution in [1.82, 2.24) is 15.1 Å². The minimum atomic E-state index is -2.43. The van der Waals surface area contributed by atoms with Gasteiger partial charge in [-0.3, -0.25) is 34.3 Å². The van der Waals surface area contributed by atoms with Gasteiger partial charge < -0.3 is 0 Å². The maximum absolute atomic E-state index is 15.1. The minimum Gasteiger partial charge on any atom is -0.297 e. The number of benzene rings is 1. The molecule has 0 bridgehead atoms. The van der Waals surface area contributed by atoms with Crippen LogP contribution in [-0.4, -0.2) is 58.0 Å². The van der Waals surface area contributed by atoms with E-state index >= 15 is 8.78 Å². The number of nitrogens with one attached hydrogen (secondary N) is 1. The van der Waals surface area contributed by atoms with Crippen LogP contribution < -0.4 is 5.32 Å². The SMILES string of the molecule is [2H]C1([2H])C(c2cc3c(c(F)c2F)C(=O)N(C2CCC(=O)NC2=O)C3=O)C([2H])([2H])N1C(C)(C)C. The van der Waals surface area contributed by atoms with E-state index in [-0.39, 0.29) is 12.8 Å². The molecule has 1 aromatic carbocycles. The van der Waals surface area contributed by atoms with Gasteiger partial charge in [-0.1, -0.05) is 0 Å². The molecule has 1 N–H and O–H groups in total. The largest absolute Gasteiger partial charge is 0.297 e. The van der Waals surface area contributed by atoms with E-state index in [9.17, 15) is 19.2 Å². The molecule has 4 amide bonds. The van der Waals surface area contributed by atoms with Crippen LogP contribution >= 0.6 is 0 Å². The van der Waals surface area contributed by atoms with Crippen molar-refractivity contribution >= 4 is 23.6 Å². The predicted octanol–water partition coefficient (Wildman–Crippen LogP) is 1.56. The summed E-state index contributed by atoms with van der Waals surface area (Å²) in [5.74, 6) is -9.00. The molecule has 3 heterocycles. The van der Waals surface area contributed by atoms with Crippen LogP contribution in [0.5, 0.6) is 0 Å². The van der Waals surface area contributed by atoms with Gasteiger partial charge in [0, 0.05) is 36.4 Å². The Morgan fingerprint density at radius 1 is 1.10 bits per heavy atom. The highest BCUT2D eigenvalue weighted by molar-refractivity contribution is 6.23. The van der Waals surface area contributed by atoms with Crippen molar-refractivity contribution in [2.45, 2.75) is 51.1 Å². The van der Waals surface area contributed by atoms with E-state index in [1.54, 1.807) is 20.8 Å². The maximum atomic E-state index is 15.1. The summed E-state index contributed by atoms with van der Waals surface area (Å²) < 4.78 is 63.5. The Morgan fingerprint density at radius 2 is 1.76 bits per heavy atom. The Balaban J connectivity index is 1.80. The number of carbonyl (C=O) groups excluding carboxylic acids is 4. The Labute approximate surface area is 171 Å². The number of hydrogen-bond acceptors (Lipinski definition) is 5. The second kappa shape index (κ2) is 6.41. The molecule has 154 valence electrons. The van der Waals surface area contributed by atoms with Gasteiger partial charge in [0.1, 0.15) is 6.04 Å². The standard InChI is InChI=1S/C20H21F2N3O4/c1-20(2,3)24-7-9(8-24)10-6-11-14(16(22)15(10)21)19(29)25(18(11)28)12-4-5-13(26)23-17(12)27/h6,9,12H,4-5,7-8H2,1-3H3,(H,23,26,27)/i7D2,8D2. The van der Waals surface area contributed by atoms with Crippen molar-refractivity contribution in [3.63, 3.8) is 0 Å². The summed E-state index contributed by atoms with van der Waals surface area (Å²) in [6, 6.07) is -0.598. The fourth-order valence-corrected chi connectivity index (χ4v) is 3.57. The smallest absolute Gasteiger partial charge is 0.265 e. The molecule has 1 atom stereocenters. The number of imide groups is 2. The molecule has 0 spiro atoms. The van der Waals surface area contributed by atoms with Gasteiger partial charge in [0.2, 0.25) is 11.8 Å². The number of fused-ring (bicyclic) bond motifs is 1. The fraction of sp³-hybridized carbons (Fsp3) is 0.500. The van der Waals surface area contributed by atoms with Gasteiger partial charge in [0.05, 0.1) is 11.1 Å². The lowest BCUT2D eigenvalue weighted by Crippen LogP contribution is -2.54. The average molecular weight is 409 g/mol. The monoisotopic (exact) mass is 409 g/mol. The van der Waals surface area contributed by atoms with Crippen LogP contribution in [0.25, 0.3) is 0 Å². The third-order valence-electron chi connectivity index (χ3n) is 5.14. The fourth-order valence-electron chi connectivity index (χ4n) is 3.57. The van der Waals surface area contributed by atoms with Crippen molar-refractivity contribution in [1.29, 1.82) is 0 Å². The molecule has 0 aromatic heterocycles. The first-order valence-electron chi connectivity index (χ1n) is 11.1. The number of halogens is 2. The van der Waals surface area contributed by atoms with Crippen LogP contribution in [-0.2, 0) is 9.59 Å². The molecule has 3 aliphatic rings. The molecule has 3 aliphatic heterocycles. The van der Waals surface area contributed by atoms with Gasteiger partial charge in [-0.25, -0.2) is 8.78 Å². The molecular weight excluding hydrogens is 384 g/mol. The number of rotatable bonds is 2. The van der Waals surface area contributed by atoms with Crippen molar-refractivity contribution in [3.05, 3.63) is 34.4 Å². The van der Waals surface area contributed by atoms with Gasteiger partial charge in [0.15, 0.2) is 11.6 Å². The van der Waals surface area contributed by atoms with Crippen LogP contribution in [0.2, 0.25) is 0 Å². The highest BCUT2D eigenvalue weighted by Gasteiger charge is 2.48. The van der Waals surface area contributed by atoms with E-state index in [0.29, 0.717) is 4.90 Å². The summed E-state index contributed by atoms with van der Waals surface area (Å²) in [5.41, 5.74) is -3.20. The number of piperidine rings is 1. The van der Waals surface area contributed by atoms with Crippen LogP contribution in [0.1, 0.15) is 71.3 Å². The normalized spacial score (nSPS) is 28.9. The van der Waals surface area contributed by atoms with E-state index in [1.807, 2.05) is 5.32 Å². The van der Waals surface area contributed by atoms with E-state index in [2.05, 4.69) is 0 Å². The lowest BCUT2D eigenvalue weighted by molar-refractivity contribution is -0.136. The summed E-state index contributed by atoms with van der Waals surface area (Å²) in [6.45, 7) is -0.161. The second-order valence-electron chi connectivity index (χ2n) is 8.16. The molecule has 0 aliphatic carbocycles. The molecule has 1 aromatic rings. The molecule has 2 fully saturated rings. The van der Waals surface area contributed by atoms with E-state index in [4.69, 9.17) is 5.48 Å². The molecule has 7 nitrogen and oxygen atoms in total. The summed E-state index contributed by atoms with van der Waals surface area (Å²) >= 11 is 0. The molecule has 4 rings (SSSR count). The minimum absolute atomic E-state index is 0.156. The summed E-state index contributed by atoms with van der Waals surface area (Å²) in [7, 11) is 0. The Hall–Kier alpha value is -2.68. The molecule has 1 unspecified atom stereocenters. The lowest BCUT2D eigenvalue weighted by atomic mass is 9.85. The first-order chi connectivity index (χ1) is 15.0. The molecule has 2 saturated heterocycles. The highest BCUT2D eigenvalue weighted by Crippen LogP contribution is 2.38. The number of likely N-dealkylation sites (tertiary alicyclic amines) is 1. The zero-order valence-electron chi connectivity index (χ0n) is 19.9. The van der Waals surface area contributed by atoms with Crippen LogP contribution in [0, 0.1) is 11.6 Å². The topological polar surface area (TPSA) is 86.8 Å². The molecule has 29 heavy (non-hydrogen) atoms.